The average molecular weight is 300 g/mol. The molecule has 2 aromatic rings. The molecule has 21 heavy (non-hydrogen) atoms. The number of carbonyl (C=O) groups is 1. The fourth-order valence-electron chi connectivity index (χ4n) is 2.66. The van der Waals surface area contributed by atoms with Crippen molar-refractivity contribution in [1.29, 1.82) is 5.26 Å². The van der Waals surface area contributed by atoms with Gasteiger partial charge in [-0.25, -0.2) is 4.79 Å². The minimum Gasteiger partial charge on any atom is -0.444 e. The van der Waals surface area contributed by atoms with Crippen molar-refractivity contribution in [3.63, 3.8) is 0 Å². The van der Waals surface area contributed by atoms with E-state index in [0.717, 1.165) is 29.8 Å². The van der Waals surface area contributed by atoms with Gasteiger partial charge in [-0.3, -0.25) is 0 Å². The SMILES string of the molecule is C[C@@H](C#N)OC(=O)c1c(-n2cccc2)sc2c1CCCC2. The maximum Gasteiger partial charge on any atom is 0.342 e. The van der Waals surface area contributed by atoms with Gasteiger partial charge < -0.3 is 9.30 Å². The monoisotopic (exact) mass is 300 g/mol. The Labute approximate surface area is 127 Å². The summed E-state index contributed by atoms with van der Waals surface area (Å²) in [7, 11) is 0. The fraction of sp³-hybridized carbons (Fsp3) is 0.375. The zero-order chi connectivity index (χ0) is 14.8. The lowest BCUT2D eigenvalue weighted by atomic mass is 9.95. The predicted molar refractivity (Wildman–Crippen MR) is 80.8 cm³/mol. The summed E-state index contributed by atoms with van der Waals surface area (Å²) >= 11 is 1.66. The molecule has 2 heterocycles. The number of thiophene rings is 1. The number of aryl methyl sites for hydroxylation is 1. The summed E-state index contributed by atoms with van der Waals surface area (Å²) in [5.41, 5.74) is 1.76. The third-order valence-electron chi connectivity index (χ3n) is 3.66. The zero-order valence-corrected chi connectivity index (χ0v) is 12.7. The van der Waals surface area contributed by atoms with E-state index in [-0.39, 0.29) is 5.97 Å². The number of fused-ring (bicyclic) bond motifs is 1. The van der Waals surface area contributed by atoms with Gasteiger partial charge in [-0.05, 0) is 50.3 Å². The second kappa shape index (κ2) is 5.74. The molecule has 2 aromatic heterocycles. The Kier molecular flexibility index (Phi) is 3.80. The molecule has 1 atom stereocenters. The number of rotatable bonds is 3. The molecule has 0 saturated carbocycles. The van der Waals surface area contributed by atoms with Crippen molar-refractivity contribution in [2.45, 2.75) is 38.7 Å². The van der Waals surface area contributed by atoms with Crippen molar-refractivity contribution in [1.82, 2.24) is 4.57 Å². The van der Waals surface area contributed by atoms with E-state index in [0.29, 0.717) is 5.56 Å². The lowest BCUT2D eigenvalue weighted by Crippen LogP contribution is -2.16. The highest BCUT2D eigenvalue weighted by molar-refractivity contribution is 7.15. The summed E-state index contributed by atoms with van der Waals surface area (Å²) < 4.78 is 7.20. The quantitative estimate of drug-likeness (QED) is 0.815. The van der Waals surface area contributed by atoms with Gasteiger partial charge in [-0.2, -0.15) is 5.26 Å². The molecule has 0 unspecified atom stereocenters. The largest absolute Gasteiger partial charge is 0.444 e. The normalized spacial score (nSPS) is 15.0. The van der Waals surface area contributed by atoms with Gasteiger partial charge in [0.05, 0.1) is 5.56 Å². The van der Waals surface area contributed by atoms with Crippen LogP contribution in [0.1, 0.15) is 40.6 Å². The second-order valence-corrected chi connectivity index (χ2v) is 6.24. The van der Waals surface area contributed by atoms with Crippen LogP contribution in [0.5, 0.6) is 0 Å². The number of ether oxygens (including phenoxy) is 1. The molecule has 108 valence electrons. The fourth-order valence-corrected chi connectivity index (χ4v) is 4.00. The number of esters is 1. The Bertz CT molecular complexity index is 695. The Morgan fingerprint density at radius 1 is 1.38 bits per heavy atom. The molecule has 0 fully saturated rings. The first kappa shape index (κ1) is 13.9. The highest BCUT2D eigenvalue weighted by Crippen LogP contribution is 2.37. The third kappa shape index (κ3) is 2.59. The van der Waals surface area contributed by atoms with Crippen LogP contribution in [0.25, 0.3) is 5.00 Å². The molecule has 0 bridgehead atoms. The summed E-state index contributed by atoms with van der Waals surface area (Å²) in [6.45, 7) is 1.59. The van der Waals surface area contributed by atoms with Crippen LogP contribution < -0.4 is 0 Å². The summed E-state index contributed by atoms with van der Waals surface area (Å²) in [5, 5.41) is 9.75. The van der Waals surface area contributed by atoms with Crippen molar-refractivity contribution in [3.8, 4) is 11.1 Å². The van der Waals surface area contributed by atoms with E-state index in [4.69, 9.17) is 10.00 Å². The van der Waals surface area contributed by atoms with Crippen LogP contribution in [0.3, 0.4) is 0 Å². The predicted octanol–water partition coefficient (Wildman–Crippen LogP) is 3.49. The van der Waals surface area contributed by atoms with Gasteiger partial charge in [0, 0.05) is 17.3 Å². The molecular formula is C16H16N2O2S. The lowest BCUT2D eigenvalue weighted by Gasteiger charge is -2.13. The first-order valence-electron chi connectivity index (χ1n) is 7.09. The topological polar surface area (TPSA) is 55.0 Å². The van der Waals surface area contributed by atoms with Crippen LogP contribution in [-0.2, 0) is 17.6 Å². The molecule has 0 saturated heterocycles. The van der Waals surface area contributed by atoms with Crippen LogP contribution in [0.4, 0.5) is 0 Å². The van der Waals surface area contributed by atoms with Gasteiger partial charge in [0.2, 0.25) is 0 Å². The first-order chi connectivity index (χ1) is 10.2. The van der Waals surface area contributed by atoms with Crippen molar-refractivity contribution in [2.24, 2.45) is 0 Å². The van der Waals surface area contributed by atoms with Gasteiger partial charge >= 0.3 is 5.97 Å². The van der Waals surface area contributed by atoms with Crippen LogP contribution in [0.15, 0.2) is 24.5 Å². The van der Waals surface area contributed by atoms with E-state index in [1.807, 2.05) is 35.2 Å². The molecule has 0 radical (unpaired) electrons. The number of nitriles is 1. The number of carbonyl (C=O) groups excluding carboxylic acids is 1. The molecule has 0 amide bonds. The molecule has 3 rings (SSSR count). The van der Waals surface area contributed by atoms with Crippen molar-refractivity contribution < 1.29 is 9.53 Å². The first-order valence-corrected chi connectivity index (χ1v) is 7.91. The maximum atomic E-state index is 12.5. The molecule has 5 heteroatoms. The van der Waals surface area contributed by atoms with Crippen molar-refractivity contribution in [3.05, 3.63) is 40.5 Å². The Balaban J connectivity index is 2.06. The van der Waals surface area contributed by atoms with Crippen LogP contribution >= 0.6 is 11.3 Å². The van der Waals surface area contributed by atoms with Crippen molar-refractivity contribution >= 4 is 17.3 Å². The highest BCUT2D eigenvalue weighted by atomic mass is 32.1. The van der Waals surface area contributed by atoms with Gasteiger partial charge in [0.15, 0.2) is 6.10 Å². The number of aromatic nitrogens is 1. The van der Waals surface area contributed by atoms with Crippen molar-refractivity contribution in [2.75, 3.05) is 0 Å². The number of hydrogen-bond donors (Lipinski definition) is 0. The van der Waals surface area contributed by atoms with Crippen LogP contribution in [0.2, 0.25) is 0 Å². The Morgan fingerprint density at radius 3 is 2.81 bits per heavy atom. The number of nitrogens with zero attached hydrogens (tertiary/aromatic N) is 2. The van der Waals surface area contributed by atoms with E-state index in [2.05, 4.69) is 0 Å². The molecule has 0 N–H and O–H groups in total. The molecule has 0 spiro atoms. The Morgan fingerprint density at radius 2 is 2.10 bits per heavy atom. The van der Waals surface area contributed by atoms with E-state index < -0.39 is 6.10 Å². The molecule has 1 aliphatic carbocycles. The molecule has 0 aromatic carbocycles. The van der Waals surface area contributed by atoms with Gasteiger partial charge in [-0.1, -0.05) is 0 Å². The van der Waals surface area contributed by atoms with E-state index in [9.17, 15) is 4.79 Å². The highest BCUT2D eigenvalue weighted by Gasteiger charge is 2.27. The maximum absolute atomic E-state index is 12.5. The van der Waals surface area contributed by atoms with Crippen LogP contribution in [0, 0.1) is 11.3 Å². The summed E-state index contributed by atoms with van der Waals surface area (Å²) in [6.07, 6.45) is 7.34. The summed E-state index contributed by atoms with van der Waals surface area (Å²) in [6, 6.07) is 5.82. The second-order valence-electron chi connectivity index (χ2n) is 5.16. The van der Waals surface area contributed by atoms with E-state index in [1.54, 1.807) is 18.3 Å². The van der Waals surface area contributed by atoms with E-state index >= 15 is 0 Å². The third-order valence-corrected chi connectivity index (χ3v) is 4.97. The lowest BCUT2D eigenvalue weighted by molar-refractivity contribution is 0.0434. The standard InChI is InChI=1S/C16H16N2O2S/c1-11(10-17)20-16(19)14-12-6-2-3-7-13(12)21-15(14)18-8-4-5-9-18/h4-5,8-9,11H,2-3,6-7H2,1H3/t11-/m0/s1. The van der Waals surface area contributed by atoms with E-state index in [1.165, 1.54) is 11.3 Å². The smallest absolute Gasteiger partial charge is 0.342 e. The Hall–Kier alpha value is -2.06. The van der Waals surface area contributed by atoms with Gasteiger partial charge in [0.1, 0.15) is 11.1 Å². The average Bonchev–Trinajstić information content (AvgIpc) is 3.13. The summed E-state index contributed by atoms with van der Waals surface area (Å²) in [4.78, 5) is 13.8. The molecular weight excluding hydrogens is 284 g/mol. The minimum atomic E-state index is -0.728. The zero-order valence-electron chi connectivity index (χ0n) is 11.8. The number of hydrogen-bond acceptors (Lipinski definition) is 4. The molecule has 0 aliphatic heterocycles. The summed E-state index contributed by atoms with van der Waals surface area (Å²) in [5.74, 6) is -0.382. The van der Waals surface area contributed by atoms with Gasteiger partial charge in [-0.15, -0.1) is 11.3 Å². The van der Waals surface area contributed by atoms with Crippen LogP contribution in [-0.4, -0.2) is 16.6 Å². The minimum absolute atomic E-state index is 0.382. The molecule has 1 aliphatic rings. The van der Waals surface area contributed by atoms with Gasteiger partial charge in [0.25, 0.3) is 0 Å². The molecule has 4 nitrogen and oxygen atoms in total.